The van der Waals surface area contributed by atoms with Crippen molar-refractivity contribution in [1.82, 2.24) is 29.2 Å². The molecule has 0 spiro atoms. The van der Waals surface area contributed by atoms with E-state index in [4.69, 9.17) is 4.74 Å². The van der Waals surface area contributed by atoms with Crippen LogP contribution in [-0.4, -0.2) is 61.6 Å². The van der Waals surface area contributed by atoms with Gasteiger partial charge in [-0.25, -0.2) is 14.8 Å². The first-order chi connectivity index (χ1) is 22.2. The maximum absolute atomic E-state index is 12.7. The summed E-state index contributed by atoms with van der Waals surface area (Å²) in [6.07, 6.45) is 18.2. The van der Waals surface area contributed by atoms with Crippen molar-refractivity contribution in [1.29, 1.82) is 0 Å². The lowest BCUT2D eigenvalue weighted by Gasteiger charge is -2.18. The zero-order valence-electron chi connectivity index (χ0n) is 27.5. The Hall–Kier alpha value is -3.31. The number of hydrogen-bond donors (Lipinski definition) is 1. The monoisotopic (exact) mass is 648 g/mol. The van der Waals surface area contributed by atoms with Gasteiger partial charge >= 0.3 is 18.2 Å². The number of imidazole rings is 1. The van der Waals surface area contributed by atoms with E-state index in [-0.39, 0.29) is 31.1 Å². The van der Waals surface area contributed by atoms with Crippen molar-refractivity contribution in [2.45, 2.75) is 129 Å². The minimum Gasteiger partial charge on any atom is -0.444 e. The number of hydrogen-bond acceptors (Lipinski definition) is 5. The first-order valence-corrected chi connectivity index (χ1v) is 17.3. The molecule has 0 saturated carbocycles. The van der Waals surface area contributed by atoms with E-state index in [1.165, 1.54) is 69.1 Å². The molecule has 2 amide bonds. The third-order valence-corrected chi connectivity index (χ3v) is 9.19. The number of halogens is 3. The predicted molar refractivity (Wildman–Crippen MR) is 172 cm³/mol. The van der Waals surface area contributed by atoms with Crippen molar-refractivity contribution in [2.24, 2.45) is 5.92 Å². The normalized spacial score (nSPS) is 16.9. The number of nitrogens with one attached hydrogen (secondary N) is 1. The van der Waals surface area contributed by atoms with Crippen LogP contribution in [0.2, 0.25) is 0 Å². The molecule has 9 nitrogen and oxygen atoms in total. The number of alkyl halides is 3. The molecule has 256 valence electrons. The number of carbonyl (C=O) groups excluding carboxylic acids is 2. The first-order valence-electron chi connectivity index (χ1n) is 17.3. The molecular weight excluding hydrogens is 597 g/mol. The van der Waals surface area contributed by atoms with Crippen molar-refractivity contribution in [3.63, 3.8) is 0 Å². The van der Waals surface area contributed by atoms with Gasteiger partial charge in [0.1, 0.15) is 6.54 Å². The van der Waals surface area contributed by atoms with Crippen LogP contribution in [0, 0.1) is 5.92 Å². The Morgan fingerprint density at radius 1 is 0.913 bits per heavy atom. The van der Waals surface area contributed by atoms with Gasteiger partial charge in [0.15, 0.2) is 18.0 Å². The zero-order valence-corrected chi connectivity index (χ0v) is 27.5. The van der Waals surface area contributed by atoms with Crippen LogP contribution in [0.3, 0.4) is 0 Å². The number of unbranched alkanes of at least 4 members (excludes halogenated alkanes) is 12. The lowest BCUT2D eigenvalue weighted by molar-refractivity contribution is -0.147. The summed E-state index contributed by atoms with van der Waals surface area (Å²) in [6.45, 7) is 3.61. The molecule has 0 aromatic carbocycles. The summed E-state index contributed by atoms with van der Waals surface area (Å²) in [5, 5.41) is 1.99. The first kappa shape index (κ1) is 35.5. The standard InChI is InChI=1S/C34H51F3N6O3/c1-3-5-6-7-8-9-10-11-12-13-14-15-16-17-31(44)46-25-41-19-18-28-32(41)39-21-30-38-20-29(43(28)30)27-23-42(22-26(27)4-2)33(45)40-24-34(35,36)37/h18-21,26-27H,3-17,22-25H2,1-2H3,(H,40,45)/t26-,27+/m1/s1. The van der Waals surface area contributed by atoms with Gasteiger partial charge in [0.2, 0.25) is 0 Å². The average molecular weight is 649 g/mol. The van der Waals surface area contributed by atoms with Crippen LogP contribution in [0.1, 0.15) is 122 Å². The lowest BCUT2D eigenvalue weighted by atomic mass is 9.91. The highest BCUT2D eigenvalue weighted by atomic mass is 19.4. The number of urea groups is 1. The van der Waals surface area contributed by atoms with E-state index >= 15 is 0 Å². The van der Waals surface area contributed by atoms with E-state index in [1.54, 1.807) is 17.0 Å². The van der Waals surface area contributed by atoms with Gasteiger partial charge in [0.05, 0.1) is 11.7 Å². The second-order valence-electron chi connectivity index (χ2n) is 12.7. The maximum Gasteiger partial charge on any atom is 0.405 e. The van der Waals surface area contributed by atoms with E-state index < -0.39 is 18.8 Å². The van der Waals surface area contributed by atoms with Crippen molar-refractivity contribution < 1.29 is 27.5 Å². The molecule has 4 rings (SSSR count). The molecule has 1 aliphatic heterocycles. The van der Waals surface area contributed by atoms with Crippen molar-refractivity contribution in [3.05, 3.63) is 30.4 Å². The van der Waals surface area contributed by atoms with Crippen LogP contribution in [0.25, 0.3) is 16.8 Å². The molecule has 0 unspecified atom stereocenters. The highest BCUT2D eigenvalue weighted by Crippen LogP contribution is 2.36. The van der Waals surface area contributed by atoms with Crippen LogP contribution in [0.15, 0.2) is 24.7 Å². The zero-order chi connectivity index (χ0) is 32.9. The third kappa shape index (κ3) is 10.1. The SMILES string of the molecule is CCCCCCCCCCCCCCCC(=O)OCn1ccc2c1ncc1ncc([C@H]3CN(C(=O)NCC(F)(F)F)C[C@H]3CC)n12. The average Bonchev–Trinajstić information content (AvgIpc) is 3.77. The Bertz CT molecular complexity index is 1390. The molecule has 12 heteroatoms. The fourth-order valence-electron chi connectivity index (χ4n) is 6.56. The Balaban J connectivity index is 1.24. The number of fused-ring (bicyclic) bond motifs is 3. The summed E-state index contributed by atoms with van der Waals surface area (Å²) in [6, 6.07) is 1.18. The van der Waals surface area contributed by atoms with Gasteiger partial charge in [-0.15, -0.1) is 0 Å². The fourth-order valence-corrected chi connectivity index (χ4v) is 6.56. The molecule has 46 heavy (non-hydrogen) atoms. The largest absolute Gasteiger partial charge is 0.444 e. The van der Waals surface area contributed by atoms with Crippen LogP contribution in [-0.2, 0) is 16.3 Å². The molecule has 0 aliphatic carbocycles. The molecule has 3 aromatic rings. The van der Waals surface area contributed by atoms with E-state index in [9.17, 15) is 22.8 Å². The summed E-state index contributed by atoms with van der Waals surface area (Å²) in [7, 11) is 0. The number of amides is 2. The molecule has 2 atom stereocenters. The minimum absolute atomic E-state index is 0.0531. The molecule has 3 aromatic heterocycles. The second kappa shape index (κ2) is 17.6. The topological polar surface area (TPSA) is 93.8 Å². The van der Waals surface area contributed by atoms with Crippen LogP contribution in [0.4, 0.5) is 18.0 Å². The van der Waals surface area contributed by atoms with Crippen LogP contribution in [0.5, 0.6) is 0 Å². The number of rotatable bonds is 19. The van der Waals surface area contributed by atoms with Gasteiger partial charge < -0.3 is 15.0 Å². The minimum atomic E-state index is -4.47. The van der Waals surface area contributed by atoms with Gasteiger partial charge in [0, 0.05) is 43.5 Å². The molecule has 4 heterocycles. The summed E-state index contributed by atoms with van der Waals surface area (Å²) in [5.74, 6) is -0.272. The van der Waals surface area contributed by atoms with Gasteiger partial charge in [-0.3, -0.25) is 13.8 Å². The maximum atomic E-state index is 12.7. The third-order valence-electron chi connectivity index (χ3n) is 9.19. The van der Waals surface area contributed by atoms with Crippen molar-refractivity contribution in [2.75, 3.05) is 19.6 Å². The number of esters is 1. The van der Waals surface area contributed by atoms with Crippen LogP contribution < -0.4 is 5.32 Å². The van der Waals surface area contributed by atoms with Gasteiger partial charge in [-0.05, 0) is 18.4 Å². The molecule has 0 bridgehead atoms. The Labute approximate surface area is 270 Å². The number of ether oxygens (including phenoxy) is 1. The summed E-state index contributed by atoms with van der Waals surface area (Å²) >= 11 is 0. The summed E-state index contributed by atoms with van der Waals surface area (Å²) in [4.78, 5) is 35.5. The van der Waals surface area contributed by atoms with Crippen LogP contribution >= 0.6 is 0 Å². The van der Waals surface area contributed by atoms with E-state index in [2.05, 4.69) is 16.9 Å². The molecule has 0 radical (unpaired) electrons. The number of likely N-dealkylation sites (tertiary alicyclic amines) is 1. The smallest absolute Gasteiger partial charge is 0.405 e. The van der Waals surface area contributed by atoms with E-state index in [0.717, 1.165) is 36.9 Å². The fraction of sp³-hybridized carbons (Fsp3) is 0.706. The second-order valence-corrected chi connectivity index (χ2v) is 12.7. The molecule has 1 aliphatic rings. The van der Waals surface area contributed by atoms with Gasteiger partial charge in [-0.2, -0.15) is 13.2 Å². The summed E-state index contributed by atoms with van der Waals surface area (Å²) in [5.41, 5.74) is 2.92. The predicted octanol–water partition coefficient (Wildman–Crippen LogP) is 8.36. The van der Waals surface area contributed by atoms with Crippen molar-refractivity contribution >= 4 is 28.8 Å². The van der Waals surface area contributed by atoms with Gasteiger partial charge in [0.25, 0.3) is 0 Å². The van der Waals surface area contributed by atoms with E-state index in [1.807, 2.05) is 28.9 Å². The highest BCUT2D eigenvalue weighted by molar-refractivity contribution is 5.77. The Morgan fingerprint density at radius 2 is 1.57 bits per heavy atom. The number of carbonyl (C=O) groups is 2. The van der Waals surface area contributed by atoms with Crippen molar-refractivity contribution in [3.8, 4) is 0 Å². The molecular formula is C34H51F3N6O3. The summed E-state index contributed by atoms with van der Waals surface area (Å²) < 4.78 is 47.3. The lowest BCUT2D eigenvalue weighted by Crippen LogP contribution is -2.42. The highest BCUT2D eigenvalue weighted by Gasteiger charge is 2.38. The quantitative estimate of drug-likeness (QED) is 0.104. The Kier molecular flexibility index (Phi) is 13.6. The van der Waals surface area contributed by atoms with E-state index in [0.29, 0.717) is 24.3 Å². The molecule has 1 fully saturated rings. The Morgan fingerprint density at radius 3 is 2.20 bits per heavy atom. The number of nitrogens with zero attached hydrogens (tertiary/aromatic N) is 5. The molecule has 1 saturated heterocycles. The number of aromatic nitrogens is 4. The van der Waals surface area contributed by atoms with Gasteiger partial charge in [-0.1, -0.05) is 97.3 Å². The molecule has 1 N–H and O–H groups in total.